The lowest BCUT2D eigenvalue weighted by atomic mass is 9.94. The Morgan fingerprint density at radius 1 is 1.17 bits per heavy atom. The molecule has 1 aromatic rings. The van der Waals surface area contributed by atoms with Gasteiger partial charge in [-0.15, -0.1) is 0 Å². The summed E-state index contributed by atoms with van der Waals surface area (Å²) < 4.78 is 43.4. The van der Waals surface area contributed by atoms with Gasteiger partial charge in [-0.3, -0.25) is 4.79 Å². The van der Waals surface area contributed by atoms with Crippen LogP contribution in [0.1, 0.15) is 50.8 Å². The van der Waals surface area contributed by atoms with Crippen LogP contribution in [0.2, 0.25) is 0 Å². The maximum Gasteiger partial charge on any atom is 0.416 e. The Morgan fingerprint density at radius 2 is 1.75 bits per heavy atom. The fraction of sp³-hybridized carbons (Fsp3) is 0.529. The van der Waals surface area contributed by atoms with Crippen LogP contribution in [0.3, 0.4) is 0 Å². The third-order valence-electron chi connectivity index (χ3n) is 3.68. The van der Waals surface area contributed by atoms with Crippen molar-refractivity contribution in [2.75, 3.05) is 6.54 Å². The van der Waals surface area contributed by atoms with E-state index in [-0.39, 0.29) is 25.2 Å². The molecule has 1 aliphatic heterocycles. The molecule has 1 fully saturated rings. The average molecular weight is 343 g/mol. The van der Waals surface area contributed by atoms with Crippen molar-refractivity contribution in [1.82, 2.24) is 4.90 Å². The van der Waals surface area contributed by atoms with Gasteiger partial charge in [0.15, 0.2) is 0 Å². The van der Waals surface area contributed by atoms with E-state index in [9.17, 15) is 22.8 Å². The van der Waals surface area contributed by atoms with Gasteiger partial charge in [0.1, 0.15) is 11.4 Å². The standard InChI is InChI=1S/C17H20F3NO3/c1-16(2,3)24-15(23)21-9-8-13(22)10-14(21)11-4-6-12(7-5-11)17(18,19)20/h4-7,14H,8-10H2,1-3H3. The Morgan fingerprint density at radius 3 is 2.25 bits per heavy atom. The number of ether oxygens (including phenoxy) is 1. The zero-order chi connectivity index (χ0) is 18.1. The van der Waals surface area contributed by atoms with Crippen LogP contribution >= 0.6 is 0 Å². The van der Waals surface area contributed by atoms with Crippen molar-refractivity contribution >= 4 is 11.9 Å². The molecular weight excluding hydrogens is 323 g/mol. The molecular formula is C17H20F3NO3. The van der Waals surface area contributed by atoms with Gasteiger partial charge < -0.3 is 9.64 Å². The molecule has 1 aliphatic rings. The first-order valence-corrected chi connectivity index (χ1v) is 7.66. The smallest absolute Gasteiger partial charge is 0.416 e. The fourth-order valence-corrected chi connectivity index (χ4v) is 2.56. The van der Waals surface area contributed by atoms with E-state index in [1.165, 1.54) is 17.0 Å². The lowest BCUT2D eigenvalue weighted by molar-refractivity contribution is -0.137. The maximum atomic E-state index is 12.7. The van der Waals surface area contributed by atoms with Crippen molar-refractivity contribution in [2.24, 2.45) is 0 Å². The number of benzene rings is 1. The van der Waals surface area contributed by atoms with Crippen molar-refractivity contribution in [3.8, 4) is 0 Å². The number of likely N-dealkylation sites (tertiary alicyclic amines) is 1. The number of halogens is 3. The molecule has 1 amide bonds. The molecule has 4 nitrogen and oxygen atoms in total. The molecule has 0 aliphatic carbocycles. The molecule has 0 radical (unpaired) electrons. The minimum absolute atomic E-state index is 0.0280. The molecule has 1 heterocycles. The van der Waals surface area contributed by atoms with Crippen LogP contribution < -0.4 is 0 Å². The first kappa shape index (κ1) is 18.3. The highest BCUT2D eigenvalue weighted by Crippen LogP contribution is 2.34. The summed E-state index contributed by atoms with van der Waals surface area (Å²) in [5.74, 6) is -0.0280. The predicted molar refractivity (Wildman–Crippen MR) is 81.4 cm³/mol. The van der Waals surface area contributed by atoms with Gasteiger partial charge in [-0.1, -0.05) is 12.1 Å². The summed E-state index contributed by atoms with van der Waals surface area (Å²) in [6, 6.07) is 3.93. The number of carbonyl (C=O) groups is 2. The topological polar surface area (TPSA) is 46.6 Å². The van der Waals surface area contributed by atoms with Gasteiger partial charge in [0, 0.05) is 19.4 Å². The molecule has 1 saturated heterocycles. The van der Waals surface area contributed by atoms with Crippen molar-refractivity contribution in [2.45, 2.75) is 51.4 Å². The van der Waals surface area contributed by atoms with Gasteiger partial charge in [-0.2, -0.15) is 13.2 Å². The molecule has 0 saturated carbocycles. The largest absolute Gasteiger partial charge is 0.444 e. The summed E-state index contributed by atoms with van der Waals surface area (Å²) in [6.45, 7) is 5.38. The number of hydrogen-bond donors (Lipinski definition) is 0. The van der Waals surface area contributed by atoms with E-state index in [0.29, 0.717) is 5.56 Å². The summed E-state index contributed by atoms with van der Waals surface area (Å²) in [6.07, 6.45) is -4.70. The summed E-state index contributed by atoms with van der Waals surface area (Å²) in [7, 11) is 0. The first-order valence-electron chi connectivity index (χ1n) is 7.66. The third-order valence-corrected chi connectivity index (χ3v) is 3.68. The zero-order valence-electron chi connectivity index (χ0n) is 13.8. The first-order chi connectivity index (χ1) is 11.0. The van der Waals surface area contributed by atoms with E-state index in [0.717, 1.165) is 12.1 Å². The Labute approximate surface area is 138 Å². The number of piperidine rings is 1. The van der Waals surface area contributed by atoms with Crippen molar-refractivity contribution in [3.05, 3.63) is 35.4 Å². The van der Waals surface area contributed by atoms with E-state index in [4.69, 9.17) is 4.74 Å². The lowest BCUT2D eigenvalue weighted by Gasteiger charge is -2.36. The fourth-order valence-electron chi connectivity index (χ4n) is 2.56. The lowest BCUT2D eigenvalue weighted by Crippen LogP contribution is -2.43. The predicted octanol–water partition coefficient (Wildman–Crippen LogP) is 4.35. The highest BCUT2D eigenvalue weighted by Gasteiger charge is 2.35. The van der Waals surface area contributed by atoms with Crippen LogP contribution in [-0.4, -0.2) is 28.9 Å². The van der Waals surface area contributed by atoms with Gasteiger partial charge in [0.2, 0.25) is 0 Å². The average Bonchev–Trinajstić information content (AvgIpc) is 2.44. The second-order valence-electron chi connectivity index (χ2n) is 6.80. The number of ketones is 1. The van der Waals surface area contributed by atoms with Gasteiger partial charge in [0.25, 0.3) is 0 Å². The van der Waals surface area contributed by atoms with E-state index in [1.54, 1.807) is 20.8 Å². The monoisotopic (exact) mass is 343 g/mol. The van der Waals surface area contributed by atoms with E-state index in [2.05, 4.69) is 0 Å². The molecule has 1 unspecified atom stereocenters. The Balaban J connectivity index is 2.26. The molecule has 0 spiro atoms. The van der Waals surface area contributed by atoms with E-state index in [1.807, 2.05) is 0 Å². The summed E-state index contributed by atoms with van der Waals surface area (Å²) >= 11 is 0. The van der Waals surface area contributed by atoms with Crippen LogP contribution in [0.5, 0.6) is 0 Å². The maximum absolute atomic E-state index is 12.7. The van der Waals surface area contributed by atoms with Crippen molar-refractivity contribution < 1.29 is 27.5 Å². The molecule has 1 atom stereocenters. The summed E-state index contributed by atoms with van der Waals surface area (Å²) in [5, 5.41) is 0. The van der Waals surface area contributed by atoms with Crippen LogP contribution in [0.4, 0.5) is 18.0 Å². The number of alkyl halides is 3. The molecule has 24 heavy (non-hydrogen) atoms. The number of carbonyl (C=O) groups excluding carboxylic acids is 2. The molecule has 2 rings (SSSR count). The van der Waals surface area contributed by atoms with Gasteiger partial charge >= 0.3 is 12.3 Å². The van der Waals surface area contributed by atoms with Gasteiger partial charge in [-0.25, -0.2) is 4.79 Å². The molecule has 0 N–H and O–H groups in total. The van der Waals surface area contributed by atoms with Crippen LogP contribution in [0.15, 0.2) is 24.3 Å². The van der Waals surface area contributed by atoms with E-state index < -0.39 is 29.5 Å². The Bertz CT molecular complexity index is 617. The number of hydrogen-bond acceptors (Lipinski definition) is 3. The highest BCUT2D eigenvalue weighted by atomic mass is 19.4. The Kier molecular flexibility index (Phi) is 4.92. The molecule has 7 heteroatoms. The second-order valence-corrected chi connectivity index (χ2v) is 6.80. The SMILES string of the molecule is CC(C)(C)OC(=O)N1CCC(=O)CC1c1ccc(C(F)(F)F)cc1. The van der Waals surface area contributed by atoms with Crippen LogP contribution in [-0.2, 0) is 15.7 Å². The molecule has 1 aromatic carbocycles. The highest BCUT2D eigenvalue weighted by molar-refractivity contribution is 5.82. The van der Waals surface area contributed by atoms with Crippen molar-refractivity contribution in [1.29, 1.82) is 0 Å². The summed E-state index contributed by atoms with van der Waals surface area (Å²) in [5.41, 5.74) is -0.970. The minimum Gasteiger partial charge on any atom is -0.444 e. The van der Waals surface area contributed by atoms with Crippen LogP contribution in [0, 0.1) is 0 Å². The summed E-state index contributed by atoms with van der Waals surface area (Å²) in [4.78, 5) is 25.5. The zero-order valence-corrected chi connectivity index (χ0v) is 13.8. The van der Waals surface area contributed by atoms with Crippen molar-refractivity contribution in [3.63, 3.8) is 0 Å². The van der Waals surface area contributed by atoms with Gasteiger partial charge in [0.05, 0.1) is 11.6 Å². The number of rotatable bonds is 1. The van der Waals surface area contributed by atoms with Crippen LogP contribution in [0.25, 0.3) is 0 Å². The minimum atomic E-state index is -4.42. The molecule has 132 valence electrons. The molecule has 0 bridgehead atoms. The van der Waals surface area contributed by atoms with Gasteiger partial charge in [-0.05, 0) is 38.5 Å². The number of amides is 1. The normalized spacial score (nSPS) is 19.3. The quantitative estimate of drug-likeness (QED) is 0.762. The second kappa shape index (κ2) is 6.45. The Hall–Kier alpha value is -2.05. The number of Topliss-reactive ketones (excluding diaryl/α,β-unsaturated/α-hetero) is 1. The third kappa shape index (κ3) is 4.49. The number of nitrogens with zero attached hydrogens (tertiary/aromatic N) is 1. The van der Waals surface area contributed by atoms with E-state index >= 15 is 0 Å². The molecule has 0 aromatic heterocycles.